The SMILES string of the molecule is C=C/C(=C\N=CN)CC(=O)N(CCC)C1CC1. The second-order valence-corrected chi connectivity index (χ2v) is 4.20. The molecule has 0 unspecified atom stereocenters. The van der Waals surface area contributed by atoms with Crippen molar-refractivity contribution in [3.8, 4) is 0 Å². The standard InChI is InChI=1S/C13H21N3O/c1-3-7-16(12-5-6-12)13(17)8-11(4-2)9-15-10-14/h4,9-10,12H,2-3,5-8H2,1H3,(H2,14,15)/b11-9+. The van der Waals surface area contributed by atoms with Crippen molar-refractivity contribution in [1.29, 1.82) is 0 Å². The fourth-order valence-electron chi connectivity index (χ4n) is 1.72. The van der Waals surface area contributed by atoms with Crippen LogP contribution in [0.3, 0.4) is 0 Å². The molecule has 1 aliphatic carbocycles. The minimum Gasteiger partial charge on any atom is -0.390 e. The number of nitrogens with zero attached hydrogens (tertiary/aromatic N) is 2. The van der Waals surface area contributed by atoms with Gasteiger partial charge in [0.15, 0.2) is 0 Å². The lowest BCUT2D eigenvalue weighted by Crippen LogP contribution is -2.33. The Morgan fingerprint density at radius 1 is 1.59 bits per heavy atom. The molecular formula is C13H21N3O. The zero-order valence-electron chi connectivity index (χ0n) is 10.4. The van der Waals surface area contributed by atoms with E-state index in [9.17, 15) is 4.79 Å². The lowest BCUT2D eigenvalue weighted by molar-refractivity contribution is -0.131. The molecular weight excluding hydrogens is 214 g/mol. The molecule has 4 nitrogen and oxygen atoms in total. The Hall–Kier alpha value is -1.58. The van der Waals surface area contributed by atoms with Crippen LogP contribution in [0.4, 0.5) is 0 Å². The average molecular weight is 235 g/mol. The molecule has 0 aromatic heterocycles. The molecule has 0 radical (unpaired) electrons. The van der Waals surface area contributed by atoms with Gasteiger partial charge in [0, 0.05) is 18.8 Å². The van der Waals surface area contributed by atoms with Gasteiger partial charge < -0.3 is 10.6 Å². The summed E-state index contributed by atoms with van der Waals surface area (Å²) in [5.74, 6) is 0.160. The summed E-state index contributed by atoms with van der Waals surface area (Å²) in [5.41, 5.74) is 5.97. The van der Waals surface area contributed by atoms with E-state index in [0.717, 1.165) is 31.4 Å². The van der Waals surface area contributed by atoms with Gasteiger partial charge in [0.1, 0.15) is 0 Å². The molecule has 0 heterocycles. The van der Waals surface area contributed by atoms with E-state index in [1.165, 1.54) is 6.34 Å². The summed E-state index contributed by atoms with van der Waals surface area (Å²) in [4.78, 5) is 17.9. The Kier molecular flexibility index (Phi) is 5.46. The highest BCUT2D eigenvalue weighted by Crippen LogP contribution is 2.28. The van der Waals surface area contributed by atoms with Gasteiger partial charge in [-0.05, 0) is 24.8 Å². The van der Waals surface area contributed by atoms with Gasteiger partial charge in [-0.1, -0.05) is 19.6 Å². The Bertz CT molecular complexity index is 330. The van der Waals surface area contributed by atoms with Gasteiger partial charge in [0.05, 0.1) is 12.8 Å². The first kappa shape index (κ1) is 13.5. The van der Waals surface area contributed by atoms with Crippen molar-refractivity contribution in [3.63, 3.8) is 0 Å². The van der Waals surface area contributed by atoms with Crippen LogP contribution in [0.1, 0.15) is 32.6 Å². The Balaban J connectivity index is 2.58. The third-order valence-corrected chi connectivity index (χ3v) is 2.72. The molecule has 94 valence electrons. The molecule has 17 heavy (non-hydrogen) atoms. The van der Waals surface area contributed by atoms with E-state index < -0.39 is 0 Å². The van der Waals surface area contributed by atoms with Crippen LogP contribution in [-0.2, 0) is 4.79 Å². The minimum absolute atomic E-state index is 0.160. The summed E-state index contributed by atoms with van der Waals surface area (Å²) in [5, 5.41) is 0. The maximum Gasteiger partial charge on any atom is 0.227 e. The highest BCUT2D eigenvalue weighted by atomic mass is 16.2. The molecule has 1 fully saturated rings. The molecule has 1 saturated carbocycles. The summed E-state index contributed by atoms with van der Waals surface area (Å²) in [6.07, 6.45) is 8.08. The second-order valence-electron chi connectivity index (χ2n) is 4.20. The number of carbonyl (C=O) groups excluding carboxylic acids is 1. The van der Waals surface area contributed by atoms with E-state index in [1.54, 1.807) is 12.3 Å². The van der Waals surface area contributed by atoms with E-state index >= 15 is 0 Å². The van der Waals surface area contributed by atoms with Crippen molar-refractivity contribution >= 4 is 12.2 Å². The first-order valence-electron chi connectivity index (χ1n) is 6.07. The molecule has 4 heteroatoms. The summed E-state index contributed by atoms with van der Waals surface area (Å²) in [6.45, 7) is 6.61. The van der Waals surface area contributed by atoms with Crippen molar-refractivity contribution in [3.05, 3.63) is 24.4 Å². The highest BCUT2D eigenvalue weighted by molar-refractivity contribution is 5.80. The van der Waals surface area contributed by atoms with Crippen molar-refractivity contribution in [2.45, 2.75) is 38.6 Å². The Labute approximate surface area is 103 Å². The monoisotopic (exact) mass is 235 g/mol. The van der Waals surface area contributed by atoms with Crippen LogP contribution in [-0.4, -0.2) is 29.7 Å². The smallest absolute Gasteiger partial charge is 0.227 e. The predicted molar refractivity (Wildman–Crippen MR) is 70.6 cm³/mol. The summed E-state index contributed by atoms with van der Waals surface area (Å²) < 4.78 is 0. The van der Waals surface area contributed by atoms with Gasteiger partial charge in [-0.3, -0.25) is 4.79 Å². The first-order valence-corrected chi connectivity index (χ1v) is 6.07. The van der Waals surface area contributed by atoms with Crippen LogP contribution in [0, 0.1) is 0 Å². The summed E-state index contributed by atoms with van der Waals surface area (Å²) >= 11 is 0. The maximum absolute atomic E-state index is 12.1. The maximum atomic E-state index is 12.1. The van der Waals surface area contributed by atoms with Crippen molar-refractivity contribution in [1.82, 2.24) is 4.90 Å². The van der Waals surface area contributed by atoms with Crippen LogP contribution >= 0.6 is 0 Å². The van der Waals surface area contributed by atoms with Gasteiger partial charge in [-0.2, -0.15) is 0 Å². The predicted octanol–water partition coefficient (Wildman–Crippen LogP) is 1.83. The van der Waals surface area contributed by atoms with Crippen molar-refractivity contribution in [2.24, 2.45) is 10.7 Å². The number of amides is 1. The van der Waals surface area contributed by atoms with Gasteiger partial charge in [0.2, 0.25) is 5.91 Å². The third-order valence-electron chi connectivity index (χ3n) is 2.72. The molecule has 0 aromatic carbocycles. The number of carbonyl (C=O) groups is 1. The van der Waals surface area contributed by atoms with Crippen molar-refractivity contribution < 1.29 is 4.79 Å². The Morgan fingerprint density at radius 2 is 2.29 bits per heavy atom. The van der Waals surface area contributed by atoms with Crippen LogP contribution in [0.15, 0.2) is 29.4 Å². The minimum atomic E-state index is 0.160. The highest BCUT2D eigenvalue weighted by Gasteiger charge is 2.31. The number of nitrogens with two attached hydrogens (primary N) is 1. The average Bonchev–Trinajstić information content (AvgIpc) is 3.15. The second kappa shape index (κ2) is 6.89. The van der Waals surface area contributed by atoms with Gasteiger partial charge in [0.25, 0.3) is 0 Å². The van der Waals surface area contributed by atoms with E-state index in [-0.39, 0.29) is 5.91 Å². The summed E-state index contributed by atoms with van der Waals surface area (Å²) in [7, 11) is 0. The fourth-order valence-corrected chi connectivity index (χ4v) is 1.72. The molecule has 1 amide bonds. The van der Waals surface area contributed by atoms with E-state index in [2.05, 4.69) is 18.5 Å². The number of aliphatic imine (C=N–C) groups is 1. The first-order chi connectivity index (χ1) is 8.22. The lowest BCUT2D eigenvalue weighted by Gasteiger charge is -2.21. The summed E-state index contributed by atoms with van der Waals surface area (Å²) in [6, 6.07) is 0.464. The van der Waals surface area contributed by atoms with E-state index in [1.807, 2.05) is 4.90 Å². The molecule has 0 atom stereocenters. The number of hydrogen-bond donors (Lipinski definition) is 1. The molecule has 1 rings (SSSR count). The zero-order chi connectivity index (χ0) is 12.7. The largest absolute Gasteiger partial charge is 0.390 e. The van der Waals surface area contributed by atoms with Gasteiger partial charge >= 0.3 is 0 Å². The zero-order valence-corrected chi connectivity index (χ0v) is 10.4. The van der Waals surface area contributed by atoms with E-state index in [4.69, 9.17) is 5.73 Å². The molecule has 0 bridgehead atoms. The molecule has 0 aliphatic heterocycles. The molecule has 1 aliphatic rings. The van der Waals surface area contributed by atoms with Crippen LogP contribution in [0.25, 0.3) is 0 Å². The normalized spacial score (nSPS) is 16.2. The van der Waals surface area contributed by atoms with Gasteiger partial charge in [-0.15, -0.1) is 0 Å². The fraction of sp³-hybridized carbons (Fsp3) is 0.538. The molecule has 2 N–H and O–H groups in total. The number of rotatable bonds is 7. The van der Waals surface area contributed by atoms with Gasteiger partial charge in [-0.25, -0.2) is 4.99 Å². The topological polar surface area (TPSA) is 58.7 Å². The van der Waals surface area contributed by atoms with Crippen LogP contribution < -0.4 is 5.73 Å². The lowest BCUT2D eigenvalue weighted by atomic mass is 10.2. The number of allylic oxidation sites excluding steroid dienone is 1. The van der Waals surface area contributed by atoms with Crippen LogP contribution in [0.5, 0.6) is 0 Å². The van der Waals surface area contributed by atoms with Crippen LogP contribution in [0.2, 0.25) is 0 Å². The van der Waals surface area contributed by atoms with Crippen molar-refractivity contribution in [2.75, 3.05) is 6.54 Å². The molecule has 0 aromatic rings. The molecule has 0 saturated heterocycles. The Morgan fingerprint density at radius 3 is 2.76 bits per heavy atom. The third kappa shape index (κ3) is 4.43. The van der Waals surface area contributed by atoms with E-state index in [0.29, 0.717) is 12.5 Å². The quantitative estimate of drug-likeness (QED) is 0.416. The number of hydrogen-bond acceptors (Lipinski definition) is 2. The molecule has 0 spiro atoms.